The molecule has 1 aromatic rings. The molecule has 5 nitrogen and oxygen atoms in total. The van der Waals surface area contributed by atoms with Crippen LogP contribution in [0.1, 0.15) is 11.3 Å². The SMILES string of the molecule is NC(=NO)C1=CCc2[nH]ncc2C1. The molecular weight excluding hydrogens is 168 g/mol. The average Bonchev–Trinajstić information content (AvgIpc) is 2.63. The lowest BCUT2D eigenvalue weighted by Crippen LogP contribution is -2.19. The molecule has 1 heterocycles. The summed E-state index contributed by atoms with van der Waals surface area (Å²) in [5.41, 5.74) is 8.55. The molecule has 0 aromatic carbocycles. The molecule has 0 saturated heterocycles. The average molecular weight is 178 g/mol. The van der Waals surface area contributed by atoms with Gasteiger partial charge in [-0.15, -0.1) is 0 Å². The summed E-state index contributed by atoms with van der Waals surface area (Å²) in [4.78, 5) is 0. The Bertz CT molecular complexity index is 377. The third kappa shape index (κ3) is 1.28. The Morgan fingerprint density at radius 3 is 3.31 bits per heavy atom. The number of oxime groups is 1. The van der Waals surface area contributed by atoms with Crippen LogP contribution in [0.2, 0.25) is 0 Å². The highest BCUT2D eigenvalue weighted by Gasteiger charge is 2.14. The zero-order valence-corrected chi connectivity index (χ0v) is 6.99. The number of aromatic nitrogens is 2. The lowest BCUT2D eigenvalue weighted by Gasteiger charge is -2.10. The number of H-pyrrole nitrogens is 1. The zero-order valence-electron chi connectivity index (χ0n) is 6.99. The second kappa shape index (κ2) is 2.93. The summed E-state index contributed by atoms with van der Waals surface area (Å²) in [6, 6.07) is 0. The van der Waals surface area contributed by atoms with Crippen molar-refractivity contribution in [2.24, 2.45) is 10.9 Å². The van der Waals surface area contributed by atoms with Gasteiger partial charge in [0.05, 0.1) is 6.20 Å². The number of aromatic amines is 1. The van der Waals surface area contributed by atoms with Crippen LogP contribution in [0.5, 0.6) is 0 Å². The van der Waals surface area contributed by atoms with E-state index in [9.17, 15) is 0 Å². The molecule has 68 valence electrons. The lowest BCUT2D eigenvalue weighted by atomic mass is 9.97. The number of hydrogen-bond acceptors (Lipinski definition) is 3. The van der Waals surface area contributed by atoms with Crippen molar-refractivity contribution >= 4 is 5.84 Å². The predicted molar refractivity (Wildman–Crippen MR) is 47.5 cm³/mol. The summed E-state index contributed by atoms with van der Waals surface area (Å²) in [7, 11) is 0. The fourth-order valence-electron chi connectivity index (χ4n) is 1.43. The molecule has 0 radical (unpaired) electrons. The minimum Gasteiger partial charge on any atom is -0.409 e. The number of rotatable bonds is 1. The molecule has 0 atom stereocenters. The van der Waals surface area contributed by atoms with Crippen molar-refractivity contribution < 1.29 is 5.21 Å². The highest BCUT2D eigenvalue weighted by Crippen LogP contribution is 2.18. The van der Waals surface area contributed by atoms with E-state index in [0.29, 0.717) is 6.42 Å². The number of nitrogens with zero attached hydrogens (tertiary/aromatic N) is 2. The summed E-state index contributed by atoms with van der Waals surface area (Å²) >= 11 is 0. The molecule has 1 aromatic heterocycles. The zero-order chi connectivity index (χ0) is 9.26. The molecule has 1 aliphatic carbocycles. The van der Waals surface area contributed by atoms with Gasteiger partial charge in [-0.3, -0.25) is 5.10 Å². The van der Waals surface area contributed by atoms with E-state index in [1.165, 1.54) is 0 Å². The van der Waals surface area contributed by atoms with E-state index in [0.717, 1.165) is 23.3 Å². The Morgan fingerprint density at radius 2 is 2.54 bits per heavy atom. The smallest absolute Gasteiger partial charge is 0.166 e. The van der Waals surface area contributed by atoms with Gasteiger partial charge in [-0.05, 0) is 11.1 Å². The summed E-state index contributed by atoms with van der Waals surface area (Å²) in [6.45, 7) is 0. The van der Waals surface area contributed by atoms with Gasteiger partial charge in [0, 0.05) is 18.5 Å². The first kappa shape index (κ1) is 7.85. The van der Waals surface area contributed by atoms with Gasteiger partial charge in [-0.1, -0.05) is 11.2 Å². The van der Waals surface area contributed by atoms with Crippen LogP contribution in [-0.2, 0) is 12.8 Å². The van der Waals surface area contributed by atoms with E-state index in [-0.39, 0.29) is 5.84 Å². The topological polar surface area (TPSA) is 87.3 Å². The first-order valence-corrected chi connectivity index (χ1v) is 3.99. The van der Waals surface area contributed by atoms with Crippen LogP contribution in [0, 0.1) is 0 Å². The highest BCUT2D eigenvalue weighted by molar-refractivity contribution is 5.97. The minimum absolute atomic E-state index is 0.187. The Balaban J connectivity index is 2.26. The van der Waals surface area contributed by atoms with Crippen LogP contribution >= 0.6 is 0 Å². The van der Waals surface area contributed by atoms with E-state index in [4.69, 9.17) is 10.9 Å². The summed E-state index contributed by atoms with van der Waals surface area (Å²) in [5.74, 6) is 0.187. The normalized spacial score (nSPS) is 16.6. The first-order valence-electron chi connectivity index (χ1n) is 3.99. The Kier molecular flexibility index (Phi) is 1.77. The van der Waals surface area contributed by atoms with Crippen LogP contribution in [0.15, 0.2) is 23.0 Å². The fraction of sp³-hybridized carbons (Fsp3) is 0.250. The molecular formula is C8H10N4O. The minimum atomic E-state index is 0.187. The number of fused-ring (bicyclic) bond motifs is 1. The van der Waals surface area contributed by atoms with Crippen molar-refractivity contribution in [1.82, 2.24) is 10.2 Å². The van der Waals surface area contributed by atoms with Crippen molar-refractivity contribution in [3.05, 3.63) is 29.1 Å². The van der Waals surface area contributed by atoms with Crippen LogP contribution in [0.25, 0.3) is 0 Å². The van der Waals surface area contributed by atoms with Gasteiger partial charge in [0.15, 0.2) is 5.84 Å². The monoisotopic (exact) mass is 178 g/mol. The number of amidine groups is 1. The van der Waals surface area contributed by atoms with Crippen molar-refractivity contribution in [2.45, 2.75) is 12.8 Å². The molecule has 0 amide bonds. The van der Waals surface area contributed by atoms with E-state index < -0.39 is 0 Å². The van der Waals surface area contributed by atoms with Crippen molar-refractivity contribution in [2.75, 3.05) is 0 Å². The van der Waals surface area contributed by atoms with Crippen molar-refractivity contribution in [1.29, 1.82) is 0 Å². The van der Waals surface area contributed by atoms with E-state index >= 15 is 0 Å². The van der Waals surface area contributed by atoms with Crippen LogP contribution in [0.4, 0.5) is 0 Å². The summed E-state index contributed by atoms with van der Waals surface area (Å²) < 4.78 is 0. The van der Waals surface area contributed by atoms with Gasteiger partial charge in [-0.25, -0.2) is 0 Å². The second-order valence-corrected chi connectivity index (χ2v) is 2.97. The number of allylic oxidation sites excluding steroid dienone is 1. The maximum Gasteiger partial charge on any atom is 0.166 e. The third-order valence-electron chi connectivity index (χ3n) is 2.18. The van der Waals surface area contributed by atoms with E-state index in [1.807, 2.05) is 6.08 Å². The molecule has 0 unspecified atom stereocenters. The van der Waals surface area contributed by atoms with Gasteiger partial charge < -0.3 is 10.9 Å². The van der Waals surface area contributed by atoms with Crippen molar-refractivity contribution in [3.63, 3.8) is 0 Å². The lowest BCUT2D eigenvalue weighted by molar-refractivity contribution is 0.318. The molecule has 5 heteroatoms. The van der Waals surface area contributed by atoms with Gasteiger partial charge in [0.1, 0.15) is 0 Å². The summed E-state index contributed by atoms with van der Waals surface area (Å²) in [5, 5.41) is 18.3. The van der Waals surface area contributed by atoms with Gasteiger partial charge in [0.2, 0.25) is 0 Å². The maximum absolute atomic E-state index is 8.48. The van der Waals surface area contributed by atoms with Crippen LogP contribution in [0.3, 0.4) is 0 Å². The Hall–Kier alpha value is -1.78. The largest absolute Gasteiger partial charge is 0.409 e. The molecule has 0 bridgehead atoms. The molecule has 13 heavy (non-hydrogen) atoms. The molecule has 0 saturated carbocycles. The van der Waals surface area contributed by atoms with Crippen LogP contribution in [-0.4, -0.2) is 21.2 Å². The number of nitrogens with two attached hydrogens (primary N) is 1. The number of nitrogens with one attached hydrogen (secondary N) is 1. The number of hydrogen-bond donors (Lipinski definition) is 3. The predicted octanol–water partition coefficient (Wildman–Crippen LogP) is 0.181. The van der Waals surface area contributed by atoms with Gasteiger partial charge in [0.25, 0.3) is 0 Å². The third-order valence-corrected chi connectivity index (χ3v) is 2.18. The standard InChI is InChI=1S/C8H10N4O/c9-8(12-13)5-1-2-7-6(3-5)4-10-11-7/h1,4,13H,2-3H2,(H2,9,12)(H,10,11). The molecule has 1 aliphatic rings. The maximum atomic E-state index is 8.48. The van der Waals surface area contributed by atoms with Gasteiger partial charge in [-0.2, -0.15) is 5.10 Å². The van der Waals surface area contributed by atoms with Crippen LogP contribution < -0.4 is 5.73 Å². The quantitative estimate of drug-likeness (QED) is 0.248. The molecule has 2 rings (SSSR count). The highest BCUT2D eigenvalue weighted by atomic mass is 16.4. The molecule has 0 aliphatic heterocycles. The molecule has 0 fully saturated rings. The van der Waals surface area contributed by atoms with Crippen molar-refractivity contribution in [3.8, 4) is 0 Å². The van der Waals surface area contributed by atoms with E-state index in [2.05, 4.69) is 15.4 Å². The second-order valence-electron chi connectivity index (χ2n) is 2.97. The first-order chi connectivity index (χ1) is 6.31. The summed E-state index contributed by atoms with van der Waals surface area (Å²) in [6.07, 6.45) is 5.16. The fourth-order valence-corrected chi connectivity index (χ4v) is 1.43. The molecule has 0 spiro atoms. The Labute approximate surface area is 74.9 Å². The van der Waals surface area contributed by atoms with Gasteiger partial charge >= 0.3 is 0 Å². The Morgan fingerprint density at radius 1 is 1.69 bits per heavy atom. The molecule has 4 N–H and O–H groups in total. The van der Waals surface area contributed by atoms with E-state index in [1.54, 1.807) is 6.20 Å².